The fourth-order valence-electron chi connectivity index (χ4n) is 4.98. The van der Waals surface area contributed by atoms with Crippen LogP contribution in [-0.4, -0.2) is 17.5 Å². The lowest BCUT2D eigenvalue weighted by atomic mass is 9.88. The molecule has 0 spiro atoms. The van der Waals surface area contributed by atoms with Crippen molar-refractivity contribution in [3.8, 4) is 0 Å². The topological polar surface area (TPSA) is 32.3 Å². The molecule has 5 rings (SSSR count). The second kappa shape index (κ2) is 8.46. The zero-order valence-corrected chi connectivity index (χ0v) is 18.6. The average molecular weight is 435 g/mol. The fraction of sp³-hybridized carbons (Fsp3) is 0.346. The Morgan fingerprint density at radius 2 is 1.84 bits per heavy atom. The van der Waals surface area contributed by atoms with Crippen LogP contribution in [0.3, 0.4) is 0 Å². The first-order chi connectivity index (χ1) is 15.2. The number of hydrogen-bond donors (Lipinski definition) is 1. The van der Waals surface area contributed by atoms with Gasteiger partial charge in [0.15, 0.2) is 0 Å². The highest BCUT2D eigenvalue weighted by atomic mass is 32.1. The Kier molecular flexibility index (Phi) is 5.53. The molecule has 1 aliphatic carbocycles. The van der Waals surface area contributed by atoms with Crippen molar-refractivity contribution in [1.29, 1.82) is 0 Å². The number of para-hydroxylation sites is 1. The average Bonchev–Trinajstić information content (AvgIpc) is 3.18. The number of hydrogen-bond acceptors (Lipinski definition) is 2. The van der Waals surface area contributed by atoms with Gasteiger partial charge in [-0.1, -0.05) is 37.3 Å². The third kappa shape index (κ3) is 3.76. The quantitative estimate of drug-likeness (QED) is 0.501. The number of thiophene rings is 1. The van der Waals surface area contributed by atoms with Crippen molar-refractivity contribution in [2.24, 2.45) is 0 Å². The van der Waals surface area contributed by atoms with Crippen LogP contribution in [0.1, 0.15) is 57.8 Å². The highest BCUT2D eigenvalue weighted by Gasteiger charge is 2.36. The summed E-state index contributed by atoms with van der Waals surface area (Å²) in [6, 6.07) is 14.4. The molecular formula is C26H27FN2OS. The predicted molar refractivity (Wildman–Crippen MR) is 124 cm³/mol. The number of amides is 2. The van der Waals surface area contributed by atoms with Gasteiger partial charge in [-0.25, -0.2) is 9.18 Å². The van der Waals surface area contributed by atoms with Gasteiger partial charge in [0.25, 0.3) is 0 Å². The first-order valence-electron chi connectivity index (χ1n) is 11.2. The molecule has 1 atom stereocenters. The van der Waals surface area contributed by atoms with Crippen LogP contribution in [0.25, 0.3) is 0 Å². The molecule has 2 heterocycles. The molecule has 3 nitrogen and oxygen atoms in total. The first kappa shape index (κ1) is 20.3. The summed E-state index contributed by atoms with van der Waals surface area (Å²) in [5, 5.41) is 3.15. The van der Waals surface area contributed by atoms with Crippen molar-refractivity contribution in [2.45, 2.75) is 51.5 Å². The van der Waals surface area contributed by atoms with Gasteiger partial charge >= 0.3 is 6.03 Å². The predicted octanol–water partition coefficient (Wildman–Crippen LogP) is 6.51. The highest BCUT2D eigenvalue weighted by Crippen LogP contribution is 2.45. The molecule has 1 aliphatic heterocycles. The van der Waals surface area contributed by atoms with Gasteiger partial charge in [-0.2, -0.15) is 0 Å². The van der Waals surface area contributed by atoms with E-state index in [2.05, 4.69) is 18.3 Å². The zero-order chi connectivity index (χ0) is 21.4. The van der Waals surface area contributed by atoms with Gasteiger partial charge in [-0.15, -0.1) is 11.3 Å². The molecule has 1 aromatic heterocycles. The number of benzene rings is 2. The monoisotopic (exact) mass is 434 g/mol. The maximum atomic E-state index is 13.7. The zero-order valence-electron chi connectivity index (χ0n) is 17.8. The lowest BCUT2D eigenvalue weighted by Crippen LogP contribution is -2.42. The molecular weight excluding hydrogens is 407 g/mol. The van der Waals surface area contributed by atoms with Gasteiger partial charge in [0.2, 0.25) is 0 Å². The molecule has 3 aromatic rings. The number of aryl methyl sites for hydroxylation is 2. The van der Waals surface area contributed by atoms with Gasteiger partial charge in [-0.3, -0.25) is 0 Å². The smallest absolute Gasteiger partial charge is 0.312 e. The van der Waals surface area contributed by atoms with Crippen LogP contribution in [0.5, 0.6) is 0 Å². The summed E-state index contributed by atoms with van der Waals surface area (Å²) >= 11 is 1.86. The number of nitrogens with one attached hydrogen (secondary N) is 1. The van der Waals surface area contributed by atoms with Crippen LogP contribution in [0.15, 0.2) is 48.5 Å². The Morgan fingerprint density at radius 3 is 2.65 bits per heavy atom. The van der Waals surface area contributed by atoms with Crippen molar-refractivity contribution in [3.63, 3.8) is 0 Å². The van der Waals surface area contributed by atoms with Crippen molar-refractivity contribution in [1.82, 2.24) is 4.90 Å². The van der Waals surface area contributed by atoms with E-state index in [0.717, 1.165) is 42.5 Å². The van der Waals surface area contributed by atoms with E-state index in [4.69, 9.17) is 0 Å². The van der Waals surface area contributed by atoms with Crippen LogP contribution in [0.4, 0.5) is 14.9 Å². The first-order valence-corrected chi connectivity index (χ1v) is 12.0. The van der Waals surface area contributed by atoms with E-state index in [-0.39, 0.29) is 17.9 Å². The normalized spacial score (nSPS) is 17.7. The Morgan fingerprint density at radius 1 is 1.06 bits per heavy atom. The number of anilines is 1. The minimum absolute atomic E-state index is 0.0905. The molecule has 2 amide bonds. The van der Waals surface area contributed by atoms with Gasteiger partial charge in [0, 0.05) is 22.0 Å². The van der Waals surface area contributed by atoms with E-state index in [1.54, 1.807) is 0 Å². The lowest BCUT2D eigenvalue weighted by molar-refractivity contribution is 0.195. The van der Waals surface area contributed by atoms with E-state index in [9.17, 15) is 9.18 Å². The van der Waals surface area contributed by atoms with Crippen LogP contribution >= 0.6 is 11.3 Å². The Bertz CT molecular complexity index is 1110. The number of carbonyl (C=O) groups excluding carboxylic acids is 1. The van der Waals surface area contributed by atoms with E-state index in [0.29, 0.717) is 6.54 Å². The second-order valence-corrected chi connectivity index (χ2v) is 9.53. The number of carbonyl (C=O) groups is 1. The van der Waals surface area contributed by atoms with E-state index in [1.807, 2.05) is 46.6 Å². The van der Waals surface area contributed by atoms with Crippen LogP contribution in [0.2, 0.25) is 0 Å². The molecule has 2 aromatic carbocycles. The summed E-state index contributed by atoms with van der Waals surface area (Å²) in [6.07, 6.45) is 6.52. The minimum Gasteiger partial charge on any atom is -0.312 e. The summed E-state index contributed by atoms with van der Waals surface area (Å²) in [6.45, 7) is 2.76. The van der Waals surface area contributed by atoms with Crippen LogP contribution in [-0.2, 0) is 25.7 Å². The molecule has 31 heavy (non-hydrogen) atoms. The summed E-state index contributed by atoms with van der Waals surface area (Å²) in [4.78, 5) is 18.2. The number of nitrogens with zero attached hydrogens (tertiary/aromatic N) is 1. The Hall–Kier alpha value is -2.66. The summed E-state index contributed by atoms with van der Waals surface area (Å²) in [5.74, 6) is -0.252. The molecule has 5 heteroatoms. The highest BCUT2D eigenvalue weighted by molar-refractivity contribution is 7.12. The molecule has 2 aliphatic rings. The SMILES string of the molecule is CCc1ccccc1NC(=O)N1CCc2c(sc3c2CCCC3)[C@H]1c1ccc(F)cc1. The maximum absolute atomic E-state index is 13.7. The summed E-state index contributed by atoms with van der Waals surface area (Å²) in [5.41, 5.74) is 5.92. The van der Waals surface area contributed by atoms with Gasteiger partial charge in [-0.05, 0) is 79.0 Å². The molecule has 160 valence electrons. The van der Waals surface area contributed by atoms with Crippen molar-refractivity contribution in [3.05, 3.63) is 86.4 Å². The lowest BCUT2D eigenvalue weighted by Gasteiger charge is -2.36. The number of rotatable bonds is 3. The number of urea groups is 1. The fourth-order valence-corrected chi connectivity index (χ4v) is 6.57. The molecule has 0 saturated carbocycles. The third-order valence-corrected chi connectivity index (χ3v) is 7.95. The Balaban J connectivity index is 1.54. The molecule has 0 radical (unpaired) electrons. The van der Waals surface area contributed by atoms with E-state index < -0.39 is 0 Å². The standard InChI is InChI=1S/C26H27FN2OS/c1-2-17-7-3-5-9-22(17)28-26(30)29-16-15-21-20-8-4-6-10-23(20)31-25(21)24(29)18-11-13-19(27)14-12-18/h3,5,7,9,11-14,24H,2,4,6,8,10,15-16H2,1H3,(H,28,30)/t24-/m1/s1. The number of fused-ring (bicyclic) bond motifs is 3. The van der Waals surface area contributed by atoms with Crippen molar-refractivity contribution >= 4 is 23.1 Å². The second-order valence-electron chi connectivity index (χ2n) is 8.39. The molecule has 1 N–H and O–H groups in total. The summed E-state index contributed by atoms with van der Waals surface area (Å²) in [7, 11) is 0. The van der Waals surface area contributed by atoms with Crippen LogP contribution in [0, 0.1) is 5.82 Å². The largest absolute Gasteiger partial charge is 0.322 e. The van der Waals surface area contributed by atoms with Crippen molar-refractivity contribution < 1.29 is 9.18 Å². The van der Waals surface area contributed by atoms with E-state index in [1.165, 1.54) is 45.9 Å². The Labute approximate surface area is 186 Å². The van der Waals surface area contributed by atoms with E-state index >= 15 is 0 Å². The maximum Gasteiger partial charge on any atom is 0.322 e. The molecule has 0 bridgehead atoms. The number of halogens is 1. The molecule has 0 unspecified atom stereocenters. The third-order valence-electron chi connectivity index (χ3n) is 6.56. The minimum atomic E-state index is -0.252. The van der Waals surface area contributed by atoms with Gasteiger partial charge in [0.05, 0.1) is 6.04 Å². The van der Waals surface area contributed by atoms with Gasteiger partial charge in [0.1, 0.15) is 5.82 Å². The van der Waals surface area contributed by atoms with Crippen LogP contribution < -0.4 is 5.32 Å². The van der Waals surface area contributed by atoms with Crippen molar-refractivity contribution in [2.75, 3.05) is 11.9 Å². The molecule has 0 saturated heterocycles. The molecule has 0 fully saturated rings. The summed E-state index contributed by atoms with van der Waals surface area (Å²) < 4.78 is 13.7. The van der Waals surface area contributed by atoms with Gasteiger partial charge < -0.3 is 10.2 Å².